The van der Waals surface area contributed by atoms with Crippen LogP contribution in [0.1, 0.15) is 26.8 Å². The van der Waals surface area contributed by atoms with Gasteiger partial charge in [-0.25, -0.2) is 9.48 Å². The SMILES string of the molecule is CCOC(=O)n1c(N)c(-c2c(Cl)cccc2Cl)c(=O)n1C(C)C. The quantitative estimate of drug-likeness (QED) is 0.905. The molecule has 0 radical (unpaired) electrons. The van der Waals surface area contributed by atoms with Gasteiger partial charge in [0.15, 0.2) is 0 Å². The molecule has 1 aromatic carbocycles. The molecule has 1 heterocycles. The molecule has 1 aromatic heterocycles. The van der Waals surface area contributed by atoms with Crippen molar-refractivity contribution in [3.63, 3.8) is 0 Å². The molecule has 0 aliphatic carbocycles. The first-order valence-corrected chi connectivity index (χ1v) is 7.81. The van der Waals surface area contributed by atoms with Crippen LogP contribution in [0, 0.1) is 0 Å². The fraction of sp³-hybridized carbons (Fsp3) is 0.333. The highest BCUT2D eigenvalue weighted by atomic mass is 35.5. The van der Waals surface area contributed by atoms with E-state index in [2.05, 4.69) is 0 Å². The number of rotatable bonds is 3. The largest absolute Gasteiger partial charge is 0.448 e. The Kier molecular flexibility index (Phi) is 5.06. The highest BCUT2D eigenvalue weighted by Gasteiger charge is 2.27. The summed E-state index contributed by atoms with van der Waals surface area (Å²) in [6, 6.07) is 4.55. The number of aromatic nitrogens is 2. The van der Waals surface area contributed by atoms with E-state index in [1.165, 1.54) is 4.68 Å². The van der Waals surface area contributed by atoms with E-state index in [1.54, 1.807) is 39.0 Å². The van der Waals surface area contributed by atoms with Gasteiger partial charge < -0.3 is 10.5 Å². The highest BCUT2D eigenvalue weighted by Crippen LogP contribution is 2.36. The van der Waals surface area contributed by atoms with Gasteiger partial charge in [-0.1, -0.05) is 29.3 Å². The summed E-state index contributed by atoms with van der Waals surface area (Å²) in [5.41, 5.74) is 6.00. The minimum absolute atomic E-state index is 0.0582. The molecule has 0 aliphatic heterocycles. The van der Waals surface area contributed by atoms with E-state index in [4.69, 9.17) is 33.7 Å². The first-order valence-electron chi connectivity index (χ1n) is 7.05. The van der Waals surface area contributed by atoms with Crippen molar-refractivity contribution in [2.45, 2.75) is 26.8 Å². The van der Waals surface area contributed by atoms with Crippen LogP contribution < -0.4 is 11.3 Å². The summed E-state index contributed by atoms with van der Waals surface area (Å²) < 4.78 is 7.23. The third-order valence-corrected chi connectivity index (χ3v) is 3.89. The van der Waals surface area contributed by atoms with Gasteiger partial charge in [-0.2, -0.15) is 4.68 Å². The van der Waals surface area contributed by atoms with Gasteiger partial charge in [0.05, 0.1) is 22.2 Å². The molecule has 8 heteroatoms. The van der Waals surface area contributed by atoms with Gasteiger partial charge in [0.2, 0.25) is 0 Å². The minimum atomic E-state index is -0.731. The first-order chi connectivity index (χ1) is 10.8. The summed E-state index contributed by atoms with van der Waals surface area (Å²) in [5, 5.41) is 0.552. The van der Waals surface area contributed by atoms with E-state index in [0.717, 1.165) is 4.68 Å². The normalized spacial score (nSPS) is 11.0. The molecule has 0 amide bonds. The Balaban J connectivity index is 2.85. The molecule has 0 atom stereocenters. The monoisotopic (exact) mass is 357 g/mol. The summed E-state index contributed by atoms with van der Waals surface area (Å²) in [6.07, 6.45) is -0.731. The topological polar surface area (TPSA) is 79.2 Å². The van der Waals surface area contributed by atoms with Crippen LogP contribution in [-0.4, -0.2) is 22.1 Å². The maximum absolute atomic E-state index is 12.8. The van der Waals surface area contributed by atoms with E-state index >= 15 is 0 Å². The van der Waals surface area contributed by atoms with Gasteiger partial charge in [0, 0.05) is 11.6 Å². The van der Waals surface area contributed by atoms with Crippen molar-refractivity contribution in [2.24, 2.45) is 0 Å². The van der Waals surface area contributed by atoms with Crippen molar-refractivity contribution in [3.8, 4) is 11.1 Å². The first kappa shape index (κ1) is 17.4. The highest BCUT2D eigenvalue weighted by molar-refractivity contribution is 6.39. The summed E-state index contributed by atoms with van der Waals surface area (Å²) in [6.45, 7) is 5.34. The molecule has 23 heavy (non-hydrogen) atoms. The Bertz CT molecular complexity index is 789. The summed E-state index contributed by atoms with van der Waals surface area (Å²) in [7, 11) is 0. The number of anilines is 1. The van der Waals surface area contributed by atoms with Crippen LogP contribution in [0.3, 0.4) is 0 Å². The molecule has 0 unspecified atom stereocenters. The number of nitrogen functional groups attached to an aromatic ring is 1. The Hall–Kier alpha value is -1.92. The van der Waals surface area contributed by atoms with Crippen molar-refractivity contribution in [2.75, 3.05) is 12.3 Å². The maximum atomic E-state index is 12.8. The number of carbonyl (C=O) groups is 1. The average molecular weight is 358 g/mol. The van der Waals surface area contributed by atoms with Crippen LogP contribution in [0.15, 0.2) is 23.0 Å². The second-order valence-electron chi connectivity index (χ2n) is 5.11. The fourth-order valence-electron chi connectivity index (χ4n) is 2.34. The van der Waals surface area contributed by atoms with Crippen LogP contribution in [0.5, 0.6) is 0 Å². The predicted molar refractivity (Wildman–Crippen MR) is 91.4 cm³/mol. The zero-order valence-electron chi connectivity index (χ0n) is 13.0. The molecule has 124 valence electrons. The predicted octanol–water partition coefficient (Wildman–Crippen LogP) is 3.79. The van der Waals surface area contributed by atoms with Gasteiger partial charge in [-0.15, -0.1) is 0 Å². The zero-order chi connectivity index (χ0) is 17.3. The molecular weight excluding hydrogens is 341 g/mol. The molecule has 0 bridgehead atoms. The van der Waals surface area contributed by atoms with Gasteiger partial charge in [0.25, 0.3) is 5.56 Å². The van der Waals surface area contributed by atoms with Gasteiger partial charge >= 0.3 is 6.09 Å². The van der Waals surface area contributed by atoms with Gasteiger partial charge in [0.1, 0.15) is 5.82 Å². The maximum Gasteiger partial charge on any atom is 0.435 e. The summed E-state index contributed by atoms with van der Waals surface area (Å²) in [5.74, 6) is -0.0582. The van der Waals surface area contributed by atoms with Crippen LogP contribution in [0.4, 0.5) is 10.6 Å². The molecule has 0 aliphatic rings. The van der Waals surface area contributed by atoms with Crippen LogP contribution in [-0.2, 0) is 4.74 Å². The van der Waals surface area contributed by atoms with Crippen molar-refractivity contribution in [3.05, 3.63) is 38.6 Å². The molecule has 0 spiro atoms. The summed E-state index contributed by atoms with van der Waals surface area (Å²) >= 11 is 12.4. The second-order valence-corrected chi connectivity index (χ2v) is 5.93. The van der Waals surface area contributed by atoms with Crippen molar-refractivity contribution < 1.29 is 9.53 Å². The molecule has 0 fully saturated rings. The number of nitrogens with zero attached hydrogens (tertiary/aromatic N) is 2. The van der Waals surface area contributed by atoms with Crippen molar-refractivity contribution in [1.82, 2.24) is 9.36 Å². The molecule has 2 rings (SSSR count). The number of ether oxygens (including phenoxy) is 1. The lowest BCUT2D eigenvalue weighted by molar-refractivity contribution is 0.144. The Morgan fingerprint density at radius 2 is 1.83 bits per heavy atom. The standard InChI is InChI=1S/C15H17Cl2N3O3/c1-4-23-15(22)20-13(18)12(14(21)19(20)8(2)3)11-9(16)6-5-7-10(11)17/h5-8H,4,18H2,1-3H3. The van der Waals surface area contributed by atoms with Crippen LogP contribution >= 0.6 is 23.2 Å². The second kappa shape index (κ2) is 6.68. The smallest absolute Gasteiger partial charge is 0.435 e. The molecular formula is C15H17Cl2N3O3. The lowest BCUT2D eigenvalue weighted by Gasteiger charge is -2.13. The Labute approximate surface area is 143 Å². The average Bonchev–Trinajstić information content (AvgIpc) is 2.72. The van der Waals surface area contributed by atoms with Crippen LogP contribution in [0.25, 0.3) is 11.1 Å². The number of carbonyl (C=O) groups excluding carboxylic acids is 1. The number of halogens is 2. The number of hydrogen-bond donors (Lipinski definition) is 1. The lowest BCUT2D eigenvalue weighted by atomic mass is 10.1. The van der Waals surface area contributed by atoms with E-state index in [1.807, 2.05) is 0 Å². The molecule has 2 aromatic rings. The number of hydrogen-bond acceptors (Lipinski definition) is 4. The third-order valence-electron chi connectivity index (χ3n) is 3.26. The number of benzene rings is 1. The number of nitrogens with two attached hydrogens (primary N) is 1. The van der Waals surface area contributed by atoms with Crippen LogP contribution in [0.2, 0.25) is 10.0 Å². The molecule has 0 saturated heterocycles. The van der Waals surface area contributed by atoms with Gasteiger partial charge in [-0.05, 0) is 32.9 Å². The fourth-order valence-corrected chi connectivity index (χ4v) is 2.93. The van der Waals surface area contributed by atoms with E-state index < -0.39 is 11.7 Å². The van der Waals surface area contributed by atoms with E-state index in [0.29, 0.717) is 5.56 Å². The zero-order valence-corrected chi connectivity index (χ0v) is 14.5. The van der Waals surface area contributed by atoms with Gasteiger partial charge in [-0.3, -0.25) is 4.79 Å². The summed E-state index contributed by atoms with van der Waals surface area (Å²) in [4.78, 5) is 25.0. The minimum Gasteiger partial charge on any atom is -0.448 e. The Morgan fingerprint density at radius 1 is 1.26 bits per heavy atom. The van der Waals surface area contributed by atoms with E-state index in [9.17, 15) is 9.59 Å². The van der Waals surface area contributed by atoms with E-state index in [-0.39, 0.29) is 34.1 Å². The van der Waals surface area contributed by atoms with Crippen molar-refractivity contribution >= 4 is 35.1 Å². The third kappa shape index (κ3) is 2.96. The molecule has 6 nitrogen and oxygen atoms in total. The lowest BCUT2D eigenvalue weighted by Crippen LogP contribution is -2.30. The van der Waals surface area contributed by atoms with Crippen molar-refractivity contribution in [1.29, 1.82) is 0 Å². The molecule has 2 N–H and O–H groups in total. The Morgan fingerprint density at radius 3 is 2.30 bits per heavy atom. The molecule has 0 saturated carbocycles.